The van der Waals surface area contributed by atoms with E-state index in [9.17, 15) is 0 Å². The van der Waals surface area contributed by atoms with Gasteiger partial charge in [-0.15, -0.1) is 11.3 Å². The fourth-order valence-corrected chi connectivity index (χ4v) is 3.58. The zero-order valence-electron chi connectivity index (χ0n) is 9.24. The molecule has 4 nitrogen and oxygen atoms in total. The molecule has 90 valence electrons. The summed E-state index contributed by atoms with van der Waals surface area (Å²) in [5.41, 5.74) is 8.01. The lowest BCUT2D eigenvalue weighted by molar-refractivity contribution is 0.604. The van der Waals surface area contributed by atoms with Gasteiger partial charge in [-0.2, -0.15) is 0 Å². The third kappa shape index (κ3) is 1.90. The number of hydrogen-bond acceptors (Lipinski definition) is 4. The molecule has 3 rings (SSSR count). The van der Waals surface area contributed by atoms with E-state index in [1.54, 1.807) is 11.3 Å². The van der Waals surface area contributed by atoms with Crippen molar-refractivity contribution in [1.82, 2.24) is 9.55 Å². The second-order valence-electron chi connectivity index (χ2n) is 4.00. The van der Waals surface area contributed by atoms with Crippen molar-refractivity contribution in [3.05, 3.63) is 21.6 Å². The van der Waals surface area contributed by atoms with Crippen LogP contribution in [0.15, 0.2) is 15.9 Å². The molecule has 2 aromatic heterocycles. The number of nitrogens with zero attached hydrogens (tertiary/aromatic N) is 2. The minimum Gasteiger partial charge on any atom is -0.356 e. The SMILES string of the molecule is NCc1c(-c2cc(Br)cs2)nc2n1CCCN2. The Bertz CT molecular complexity index is 546. The smallest absolute Gasteiger partial charge is 0.203 e. The second-order valence-corrected chi connectivity index (χ2v) is 5.82. The van der Waals surface area contributed by atoms with Crippen LogP contribution >= 0.6 is 27.3 Å². The standard InChI is InChI=1S/C11H13BrN4S/c12-7-4-9(17-6-7)10-8(5-13)16-3-1-2-14-11(16)15-10/h4,6H,1-3,5,13H2,(H,14,15). The largest absolute Gasteiger partial charge is 0.356 e. The quantitative estimate of drug-likeness (QED) is 0.896. The van der Waals surface area contributed by atoms with Gasteiger partial charge >= 0.3 is 0 Å². The van der Waals surface area contributed by atoms with Crippen LogP contribution in [0.2, 0.25) is 0 Å². The summed E-state index contributed by atoms with van der Waals surface area (Å²) in [6.45, 7) is 2.53. The van der Waals surface area contributed by atoms with Crippen molar-refractivity contribution in [1.29, 1.82) is 0 Å². The molecule has 0 fully saturated rings. The van der Waals surface area contributed by atoms with Gasteiger partial charge in [-0.05, 0) is 28.4 Å². The molecule has 0 saturated carbocycles. The fourth-order valence-electron chi connectivity index (χ4n) is 2.14. The first kappa shape index (κ1) is 11.3. The Kier molecular flexibility index (Phi) is 2.94. The Morgan fingerprint density at radius 3 is 3.18 bits per heavy atom. The van der Waals surface area contributed by atoms with E-state index < -0.39 is 0 Å². The maximum Gasteiger partial charge on any atom is 0.203 e. The van der Waals surface area contributed by atoms with Crippen molar-refractivity contribution in [2.24, 2.45) is 5.73 Å². The number of fused-ring (bicyclic) bond motifs is 1. The van der Waals surface area contributed by atoms with E-state index in [-0.39, 0.29) is 0 Å². The maximum atomic E-state index is 5.87. The lowest BCUT2D eigenvalue weighted by atomic mass is 10.2. The van der Waals surface area contributed by atoms with Gasteiger partial charge in [0.15, 0.2) is 0 Å². The number of imidazole rings is 1. The van der Waals surface area contributed by atoms with Gasteiger partial charge in [0, 0.05) is 29.5 Å². The highest BCUT2D eigenvalue weighted by atomic mass is 79.9. The first-order chi connectivity index (χ1) is 8.29. The van der Waals surface area contributed by atoms with Gasteiger partial charge in [0.25, 0.3) is 0 Å². The second kappa shape index (κ2) is 4.44. The predicted molar refractivity (Wildman–Crippen MR) is 74.2 cm³/mol. The minimum atomic E-state index is 0.527. The molecule has 0 aromatic carbocycles. The van der Waals surface area contributed by atoms with Crippen LogP contribution < -0.4 is 11.1 Å². The molecule has 1 aliphatic rings. The summed E-state index contributed by atoms with van der Waals surface area (Å²) in [4.78, 5) is 5.83. The molecule has 0 aliphatic carbocycles. The van der Waals surface area contributed by atoms with Gasteiger partial charge in [-0.1, -0.05) is 0 Å². The highest BCUT2D eigenvalue weighted by Gasteiger charge is 2.20. The van der Waals surface area contributed by atoms with E-state index in [0.717, 1.165) is 41.3 Å². The molecule has 2 aromatic rings. The van der Waals surface area contributed by atoms with Crippen molar-refractivity contribution in [2.45, 2.75) is 19.5 Å². The number of rotatable bonds is 2. The molecule has 6 heteroatoms. The summed E-state index contributed by atoms with van der Waals surface area (Å²) in [5.74, 6) is 0.955. The van der Waals surface area contributed by atoms with Crippen molar-refractivity contribution in [3.8, 4) is 10.6 Å². The van der Waals surface area contributed by atoms with Gasteiger partial charge in [0.2, 0.25) is 5.95 Å². The minimum absolute atomic E-state index is 0.527. The Balaban J connectivity index is 2.13. The normalized spacial score (nSPS) is 14.5. The van der Waals surface area contributed by atoms with Gasteiger partial charge < -0.3 is 15.6 Å². The summed E-state index contributed by atoms with van der Waals surface area (Å²) >= 11 is 5.17. The van der Waals surface area contributed by atoms with Crippen LogP contribution in [0.3, 0.4) is 0 Å². The summed E-state index contributed by atoms with van der Waals surface area (Å²) in [5, 5.41) is 5.39. The van der Waals surface area contributed by atoms with Gasteiger partial charge in [-0.3, -0.25) is 0 Å². The topological polar surface area (TPSA) is 55.9 Å². The predicted octanol–water partition coefficient (Wildman–Crippen LogP) is 2.65. The van der Waals surface area contributed by atoms with Gasteiger partial charge in [0.05, 0.1) is 10.6 Å². The molecule has 17 heavy (non-hydrogen) atoms. The molecule has 0 amide bonds. The zero-order valence-corrected chi connectivity index (χ0v) is 11.6. The Morgan fingerprint density at radius 2 is 2.47 bits per heavy atom. The molecule has 0 unspecified atom stereocenters. The highest BCUT2D eigenvalue weighted by Crippen LogP contribution is 2.33. The third-order valence-corrected chi connectivity index (χ3v) is 4.61. The molecule has 0 spiro atoms. The average molecular weight is 313 g/mol. The van der Waals surface area contributed by atoms with Gasteiger partial charge in [-0.25, -0.2) is 4.98 Å². The average Bonchev–Trinajstić information content (AvgIpc) is 2.91. The van der Waals surface area contributed by atoms with E-state index in [4.69, 9.17) is 5.73 Å². The number of nitrogens with one attached hydrogen (secondary N) is 1. The Labute approximate surface area is 112 Å². The Morgan fingerprint density at radius 1 is 1.59 bits per heavy atom. The first-order valence-electron chi connectivity index (χ1n) is 5.57. The number of anilines is 1. The molecular weight excluding hydrogens is 300 g/mol. The van der Waals surface area contributed by atoms with E-state index >= 15 is 0 Å². The lowest BCUT2D eigenvalue weighted by Crippen LogP contribution is -2.19. The Hall–Kier alpha value is -0.850. The van der Waals surface area contributed by atoms with Crippen molar-refractivity contribution in [3.63, 3.8) is 0 Å². The van der Waals surface area contributed by atoms with Crippen LogP contribution in [-0.4, -0.2) is 16.1 Å². The molecule has 0 radical (unpaired) electrons. The van der Waals surface area contributed by atoms with Crippen LogP contribution in [0, 0.1) is 0 Å². The van der Waals surface area contributed by atoms with E-state index in [2.05, 4.69) is 42.2 Å². The van der Waals surface area contributed by atoms with E-state index in [1.165, 1.54) is 4.88 Å². The number of aromatic nitrogens is 2. The molecule has 3 heterocycles. The van der Waals surface area contributed by atoms with Crippen LogP contribution in [-0.2, 0) is 13.1 Å². The third-order valence-electron chi connectivity index (χ3n) is 2.91. The monoisotopic (exact) mass is 312 g/mol. The van der Waals surface area contributed by atoms with E-state index in [0.29, 0.717) is 6.54 Å². The number of halogens is 1. The lowest BCUT2D eigenvalue weighted by Gasteiger charge is -2.17. The molecule has 0 bridgehead atoms. The van der Waals surface area contributed by atoms with Gasteiger partial charge in [0.1, 0.15) is 5.69 Å². The van der Waals surface area contributed by atoms with Crippen LogP contribution in [0.1, 0.15) is 12.1 Å². The summed E-state index contributed by atoms with van der Waals surface area (Å²) < 4.78 is 3.30. The van der Waals surface area contributed by atoms with Crippen LogP contribution in [0.4, 0.5) is 5.95 Å². The summed E-state index contributed by atoms with van der Waals surface area (Å²) in [7, 11) is 0. The fraction of sp³-hybridized carbons (Fsp3) is 0.364. The van der Waals surface area contributed by atoms with Crippen molar-refractivity contribution in [2.75, 3.05) is 11.9 Å². The first-order valence-corrected chi connectivity index (χ1v) is 7.24. The maximum absolute atomic E-state index is 5.87. The molecule has 1 aliphatic heterocycles. The highest BCUT2D eigenvalue weighted by molar-refractivity contribution is 9.10. The van der Waals surface area contributed by atoms with E-state index in [1.807, 2.05) is 0 Å². The van der Waals surface area contributed by atoms with Crippen molar-refractivity contribution >= 4 is 33.2 Å². The summed E-state index contributed by atoms with van der Waals surface area (Å²) in [6, 6.07) is 2.10. The van der Waals surface area contributed by atoms with Crippen LogP contribution in [0.25, 0.3) is 10.6 Å². The number of thiophene rings is 1. The van der Waals surface area contributed by atoms with Crippen molar-refractivity contribution < 1.29 is 0 Å². The number of nitrogens with two attached hydrogens (primary N) is 1. The molecular formula is C11H13BrN4S. The summed E-state index contributed by atoms with van der Waals surface area (Å²) in [6.07, 6.45) is 1.13. The molecule has 0 saturated heterocycles. The molecule has 3 N–H and O–H groups in total. The number of hydrogen-bond donors (Lipinski definition) is 2. The molecule has 0 atom stereocenters. The zero-order chi connectivity index (χ0) is 11.8. The van der Waals surface area contributed by atoms with Crippen LogP contribution in [0.5, 0.6) is 0 Å².